The molecule has 0 saturated carbocycles. The number of hydrogen-bond donors (Lipinski definition) is 2. The van der Waals surface area contributed by atoms with Gasteiger partial charge in [-0.1, -0.05) is 6.07 Å². The maximum atomic E-state index is 12.6. The van der Waals surface area contributed by atoms with Gasteiger partial charge in [-0.3, -0.25) is 0 Å². The molecule has 0 aliphatic carbocycles. The number of aliphatic hydroxyl groups excluding tert-OH is 2. The Balaban J connectivity index is 3.27. The number of hydrogen-bond acceptors (Lipinski definition) is 2. The van der Waals surface area contributed by atoms with Crippen LogP contribution in [-0.4, -0.2) is 16.8 Å². The van der Waals surface area contributed by atoms with E-state index in [1.165, 1.54) is 0 Å². The molecule has 1 unspecified atom stereocenters. The third kappa shape index (κ3) is 2.66. The van der Waals surface area contributed by atoms with Gasteiger partial charge in [-0.25, -0.2) is 4.39 Å². The lowest BCUT2D eigenvalue weighted by atomic mass is 10.0. The van der Waals surface area contributed by atoms with E-state index in [2.05, 4.69) is 0 Å². The summed E-state index contributed by atoms with van der Waals surface area (Å²) in [4.78, 5) is 0. The van der Waals surface area contributed by atoms with Crippen LogP contribution in [0.3, 0.4) is 0 Å². The number of rotatable bonds is 2. The highest BCUT2D eigenvalue weighted by atomic mass is 19.4. The Hall–Kier alpha value is -1.14. The molecule has 1 aromatic carbocycles. The summed E-state index contributed by atoms with van der Waals surface area (Å²) >= 11 is 0. The van der Waals surface area contributed by atoms with Gasteiger partial charge in [0.1, 0.15) is 11.9 Å². The molecule has 6 heteroatoms. The average molecular weight is 224 g/mol. The Kier molecular flexibility index (Phi) is 3.31. The Bertz CT molecular complexity index is 348. The van der Waals surface area contributed by atoms with Gasteiger partial charge in [-0.05, 0) is 17.7 Å². The first-order valence-electron chi connectivity index (χ1n) is 4.02. The minimum absolute atomic E-state index is 0.286. The van der Waals surface area contributed by atoms with Crippen LogP contribution in [0.15, 0.2) is 18.2 Å². The van der Waals surface area contributed by atoms with Gasteiger partial charge in [-0.2, -0.15) is 13.2 Å². The Morgan fingerprint density at radius 2 is 1.87 bits per heavy atom. The Morgan fingerprint density at radius 1 is 1.27 bits per heavy atom. The van der Waals surface area contributed by atoms with Gasteiger partial charge in [0, 0.05) is 0 Å². The summed E-state index contributed by atoms with van der Waals surface area (Å²) in [6.45, 7) is -0.852. The summed E-state index contributed by atoms with van der Waals surface area (Å²) in [5.41, 5.74) is -1.81. The van der Waals surface area contributed by atoms with Crippen molar-refractivity contribution in [3.8, 4) is 0 Å². The second kappa shape index (κ2) is 4.16. The minimum Gasteiger partial charge on any atom is -0.393 e. The van der Waals surface area contributed by atoms with Gasteiger partial charge in [0.2, 0.25) is 0 Å². The van der Waals surface area contributed by atoms with Crippen LogP contribution in [0.2, 0.25) is 0 Å². The molecule has 84 valence electrons. The summed E-state index contributed by atoms with van der Waals surface area (Å²) in [5.74, 6) is -1.05. The largest absolute Gasteiger partial charge is 0.416 e. The molecule has 0 bridgehead atoms. The zero-order valence-electron chi connectivity index (χ0n) is 7.42. The predicted molar refractivity (Wildman–Crippen MR) is 43.4 cm³/mol. The van der Waals surface area contributed by atoms with Gasteiger partial charge in [-0.15, -0.1) is 0 Å². The van der Waals surface area contributed by atoms with E-state index >= 15 is 0 Å². The molecule has 0 radical (unpaired) electrons. The van der Waals surface area contributed by atoms with Gasteiger partial charge in [0.15, 0.2) is 0 Å². The van der Waals surface area contributed by atoms with E-state index in [0.29, 0.717) is 0 Å². The fraction of sp³-hybridized carbons (Fsp3) is 0.333. The monoisotopic (exact) mass is 224 g/mol. The van der Waals surface area contributed by atoms with Crippen molar-refractivity contribution in [1.29, 1.82) is 0 Å². The second-order valence-electron chi connectivity index (χ2n) is 2.93. The fourth-order valence-electron chi connectivity index (χ4n) is 1.16. The van der Waals surface area contributed by atoms with Crippen LogP contribution in [0.5, 0.6) is 0 Å². The molecular weight excluding hydrogens is 216 g/mol. The highest BCUT2D eigenvalue weighted by Gasteiger charge is 2.35. The van der Waals surface area contributed by atoms with Gasteiger partial charge in [0.25, 0.3) is 0 Å². The highest BCUT2D eigenvalue weighted by Crippen LogP contribution is 2.34. The summed E-state index contributed by atoms with van der Waals surface area (Å²) in [6, 6.07) is 1.89. The molecular formula is C9H8F4O2. The van der Waals surface area contributed by atoms with Crippen molar-refractivity contribution in [2.24, 2.45) is 0 Å². The molecule has 0 aliphatic rings. The summed E-state index contributed by atoms with van der Waals surface area (Å²) in [6.07, 6.45) is -6.42. The molecule has 0 aliphatic heterocycles. The Labute approximate surface area is 82.8 Å². The molecule has 0 fully saturated rings. The SMILES string of the molecule is OCC(O)c1ccc(F)cc1C(F)(F)F. The standard InChI is InChI=1S/C9H8F4O2/c10-5-1-2-6(8(15)4-14)7(3-5)9(11,12)13/h1-3,8,14-15H,4H2. The summed E-state index contributed by atoms with van der Waals surface area (Å²) in [7, 11) is 0. The molecule has 2 N–H and O–H groups in total. The second-order valence-corrected chi connectivity index (χ2v) is 2.93. The van der Waals surface area contributed by atoms with E-state index in [-0.39, 0.29) is 6.07 Å². The van der Waals surface area contributed by atoms with Crippen molar-refractivity contribution in [2.45, 2.75) is 12.3 Å². The maximum absolute atomic E-state index is 12.6. The van der Waals surface area contributed by atoms with Gasteiger partial charge in [0.05, 0.1) is 12.2 Å². The van der Waals surface area contributed by atoms with Crippen LogP contribution >= 0.6 is 0 Å². The smallest absolute Gasteiger partial charge is 0.393 e. The lowest BCUT2D eigenvalue weighted by Gasteiger charge is -2.15. The van der Waals surface area contributed by atoms with Crippen LogP contribution in [0, 0.1) is 5.82 Å². The first kappa shape index (κ1) is 11.9. The molecule has 0 amide bonds. The molecule has 0 saturated heterocycles. The lowest BCUT2D eigenvalue weighted by molar-refractivity contribution is -0.139. The summed E-state index contributed by atoms with van der Waals surface area (Å²) in [5, 5.41) is 17.6. The van der Waals surface area contributed by atoms with Crippen LogP contribution in [0.25, 0.3) is 0 Å². The topological polar surface area (TPSA) is 40.5 Å². The molecule has 1 atom stereocenters. The number of halogens is 4. The van der Waals surface area contributed by atoms with Gasteiger partial charge < -0.3 is 10.2 Å². The van der Waals surface area contributed by atoms with Crippen molar-refractivity contribution in [3.05, 3.63) is 35.1 Å². The molecule has 0 aromatic heterocycles. The molecule has 1 rings (SSSR count). The predicted octanol–water partition coefficient (Wildman–Crippen LogP) is 1.87. The molecule has 0 heterocycles. The third-order valence-corrected chi connectivity index (χ3v) is 1.85. The summed E-state index contributed by atoms with van der Waals surface area (Å²) < 4.78 is 49.7. The van der Waals surface area contributed by atoms with Crippen LogP contribution in [0.1, 0.15) is 17.2 Å². The zero-order chi connectivity index (χ0) is 11.6. The third-order valence-electron chi connectivity index (χ3n) is 1.85. The fourth-order valence-corrected chi connectivity index (χ4v) is 1.16. The first-order valence-corrected chi connectivity index (χ1v) is 4.02. The van der Waals surface area contributed by atoms with Crippen molar-refractivity contribution < 1.29 is 27.8 Å². The quantitative estimate of drug-likeness (QED) is 0.753. The normalized spacial score (nSPS) is 14.0. The molecule has 0 spiro atoms. The highest BCUT2D eigenvalue weighted by molar-refractivity contribution is 5.32. The van der Waals surface area contributed by atoms with Gasteiger partial charge >= 0.3 is 6.18 Å². The average Bonchev–Trinajstić information content (AvgIpc) is 2.15. The first-order chi connectivity index (χ1) is 6.86. The van der Waals surface area contributed by atoms with E-state index in [4.69, 9.17) is 10.2 Å². The van der Waals surface area contributed by atoms with E-state index < -0.39 is 35.8 Å². The van der Waals surface area contributed by atoms with E-state index in [9.17, 15) is 17.6 Å². The van der Waals surface area contributed by atoms with Crippen LogP contribution in [0.4, 0.5) is 17.6 Å². The van der Waals surface area contributed by atoms with E-state index in [1.807, 2.05) is 0 Å². The number of alkyl halides is 3. The molecule has 2 nitrogen and oxygen atoms in total. The Morgan fingerprint density at radius 3 is 2.33 bits per heavy atom. The number of benzene rings is 1. The van der Waals surface area contributed by atoms with Crippen molar-refractivity contribution in [3.63, 3.8) is 0 Å². The minimum atomic E-state index is -4.76. The van der Waals surface area contributed by atoms with Crippen molar-refractivity contribution >= 4 is 0 Å². The van der Waals surface area contributed by atoms with E-state index in [0.717, 1.165) is 12.1 Å². The van der Waals surface area contributed by atoms with Crippen molar-refractivity contribution in [2.75, 3.05) is 6.61 Å². The molecule has 15 heavy (non-hydrogen) atoms. The zero-order valence-corrected chi connectivity index (χ0v) is 7.42. The van der Waals surface area contributed by atoms with Crippen molar-refractivity contribution in [1.82, 2.24) is 0 Å². The maximum Gasteiger partial charge on any atom is 0.416 e. The van der Waals surface area contributed by atoms with E-state index in [1.54, 1.807) is 0 Å². The van der Waals surface area contributed by atoms with Crippen LogP contribution in [-0.2, 0) is 6.18 Å². The van der Waals surface area contributed by atoms with Crippen LogP contribution < -0.4 is 0 Å². The molecule has 1 aromatic rings. The number of aliphatic hydroxyl groups is 2. The lowest BCUT2D eigenvalue weighted by Crippen LogP contribution is -2.14.